The largest absolute Gasteiger partial charge is 0.275 e. The van der Waals surface area contributed by atoms with Gasteiger partial charge in [-0.25, -0.2) is 0 Å². The van der Waals surface area contributed by atoms with Crippen molar-refractivity contribution in [1.82, 2.24) is 0 Å². The first kappa shape index (κ1) is 16.5. The van der Waals surface area contributed by atoms with E-state index in [2.05, 4.69) is 0 Å². The number of benzene rings is 3. The van der Waals surface area contributed by atoms with Gasteiger partial charge in [0.05, 0.1) is 11.4 Å². The predicted octanol–water partition coefficient (Wildman–Crippen LogP) is 6.74. The van der Waals surface area contributed by atoms with Crippen molar-refractivity contribution in [2.75, 3.05) is 4.90 Å². The monoisotopic (exact) mass is 385 g/mol. The number of fused-ring (bicyclic) bond motifs is 2. The molecule has 0 fully saturated rings. The molecule has 0 atom stereocenters. The highest BCUT2D eigenvalue weighted by atomic mass is 35.5. The van der Waals surface area contributed by atoms with E-state index in [1.165, 1.54) is 0 Å². The van der Waals surface area contributed by atoms with Crippen molar-refractivity contribution >= 4 is 52.2 Å². The van der Waals surface area contributed by atoms with Crippen molar-refractivity contribution < 1.29 is 4.79 Å². The Morgan fingerprint density at radius 1 is 0.920 bits per heavy atom. The standard InChI is InChI=1S/C20H13Cl2NOS/c1-12-6-7-13(10-15(12)22)20(24)23-16-4-2-3-5-18(16)25-19-9-8-14(21)11-17(19)23/h2-11H,1H3. The number of halogens is 2. The number of para-hydroxylation sites is 1. The molecular formula is C20H13Cl2NOS. The summed E-state index contributed by atoms with van der Waals surface area (Å²) in [6.07, 6.45) is 0. The summed E-state index contributed by atoms with van der Waals surface area (Å²) in [4.78, 5) is 17.1. The Balaban J connectivity index is 1.89. The third-order valence-corrected chi connectivity index (χ3v) is 5.88. The Kier molecular flexibility index (Phi) is 4.24. The molecule has 1 aliphatic rings. The molecule has 0 aliphatic carbocycles. The first-order valence-electron chi connectivity index (χ1n) is 7.71. The number of anilines is 2. The number of carbonyl (C=O) groups excluding carboxylic acids is 1. The number of aryl methyl sites for hydroxylation is 1. The predicted molar refractivity (Wildman–Crippen MR) is 105 cm³/mol. The van der Waals surface area contributed by atoms with Gasteiger partial charge in [-0.2, -0.15) is 0 Å². The lowest BCUT2D eigenvalue weighted by molar-refractivity contribution is 0.0998. The Morgan fingerprint density at radius 2 is 1.68 bits per heavy atom. The second-order valence-electron chi connectivity index (χ2n) is 5.79. The van der Waals surface area contributed by atoms with Crippen molar-refractivity contribution in [3.63, 3.8) is 0 Å². The molecule has 3 aromatic carbocycles. The maximum absolute atomic E-state index is 13.3. The highest BCUT2D eigenvalue weighted by Crippen LogP contribution is 2.49. The van der Waals surface area contributed by atoms with Crippen molar-refractivity contribution in [3.05, 3.63) is 81.8 Å². The SMILES string of the molecule is Cc1ccc(C(=O)N2c3ccccc3Sc3ccc(Cl)cc32)cc1Cl. The van der Waals surface area contributed by atoms with E-state index in [0.717, 1.165) is 26.7 Å². The molecule has 0 unspecified atom stereocenters. The van der Waals surface area contributed by atoms with E-state index in [1.54, 1.807) is 28.8 Å². The van der Waals surface area contributed by atoms with Gasteiger partial charge < -0.3 is 0 Å². The van der Waals surface area contributed by atoms with Gasteiger partial charge in [0.25, 0.3) is 5.91 Å². The molecule has 0 N–H and O–H groups in total. The van der Waals surface area contributed by atoms with Crippen LogP contribution in [0.25, 0.3) is 0 Å². The zero-order valence-corrected chi connectivity index (χ0v) is 15.6. The topological polar surface area (TPSA) is 20.3 Å². The molecule has 2 nitrogen and oxygen atoms in total. The number of carbonyl (C=O) groups is 1. The van der Waals surface area contributed by atoms with Crippen LogP contribution in [0.2, 0.25) is 10.0 Å². The minimum atomic E-state index is -0.127. The fourth-order valence-corrected chi connectivity index (χ4v) is 4.19. The molecule has 0 saturated carbocycles. The van der Waals surface area contributed by atoms with Gasteiger partial charge in [-0.1, -0.05) is 53.2 Å². The molecule has 124 valence electrons. The summed E-state index contributed by atoms with van der Waals surface area (Å²) in [6.45, 7) is 1.92. The average Bonchev–Trinajstić information content (AvgIpc) is 2.61. The summed E-state index contributed by atoms with van der Waals surface area (Å²) in [5, 5.41) is 1.18. The molecule has 5 heteroatoms. The highest BCUT2D eigenvalue weighted by Gasteiger charge is 2.29. The fourth-order valence-electron chi connectivity index (χ4n) is 2.80. The normalized spacial score (nSPS) is 12.5. The second-order valence-corrected chi connectivity index (χ2v) is 7.71. The summed E-state index contributed by atoms with van der Waals surface area (Å²) in [7, 11) is 0. The Morgan fingerprint density at radius 3 is 2.48 bits per heavy atom. The minimum absolute atomic E-state index is 0.127. The Bertz CT molecular complexity index is 1000. The van der Waals surface area contributed by atoms with Crippen LogP contribution < -0.4 is 4.90 Å². The quantitative estimate of drug-likeness (QED) is 0.461. The molecule has 25 heavy (non-hydrogen) atoms. The van der Waals surface area contributed by atoms with E-state index >= 15 is 0 Å². The maximum Gasteiger partial charge on any atom is 0.262 e. The molecule has 1 heterocycles. The highest BCUT2D eigenvalue weighted by molar-refractivity contribution is 7.99. The van der Waals surface area contributed by atoms with Gasteiger partial charge in [-0.05, 0) is 55.0 Å². The first-order valence-corrected chi connectivity index (χ1v) is 9.29. The van der Waals surface area contributed by atoms with Gasteiger partial charge >= 0.3 is 0 Å². The van der Waals surface area contributed by atoms with E-state index in [0.29, 0.717) is 15.6 Å². The van der Waals surface area contributed by atoms with Crippen molar-refractivity contribution in [2.24, 2.45) is 0 Å². The lowest BCUT2D eigenvalue weighted by atomic mass is 10.1. The zero-order valence-electron chi connectivity index (χ0n) is 13.3. The smallest absolute Gasteiger partial charge is 0.262 e. The van der Waals surface area contributed by atoms with Gasteiger partial charge in [0.15, 0.2) is 0 Å². The van der Waals surface area contributed by atoms with Crippen LogP contribution in [-0.2, 0) is 0 Å². The van der Waals surface area contributed by atoms with Gasteiger partial charge in [0.1, 0.15) is 0 Å². The molecule has 0 spiro atoms. The number of hydrogen-bond acceptors (Lipinski definition) is 2. The molecule has 0 saturated heterocycles. The molecule has 4 rings (SSSR count). The molecule has 1 aliphatic heterocycles. The number of amides is 1. The van der Waals surface area contributed by atoms with Crippen LogP contribution in [0.1, 0.15) is 15.9 Å². The van der Waals surface area contributed by atoms with Crippen molar-refractivity contribution in [1.29, 1.82) is 0 Å². The van der Waals surface area contributed by atoms with Gasteiger partial charge in [-0.3, -0.25) is 9.69 Å². The van der Waals surface area contributed by atoms with Gasteiger partial charge in [0.2, 0.25) is 0 Å². The lowest BCUT2D eigenvalue weighted by Gasteiger charge is -2.31. The molecule has 0 bridgehead atoms. The fraction of sp³-hybridized carbons (Fsp3) is 0.0500. The van der Waals surface area contributed by atoms with Crippen LogP contribution in [-0.4, -0.2) is 5.91 Å². The first-order chi connectivity index (χ1) is 12.0. The zero-order chi connectivity index (χ0) is 17.6. The van der Waals surface area contributed by atoms with Crippen LogP contribution >= 0.6 is 35.0 Å². The van der Waals surface area contributed by atoms with Crippen molar-refractivity contribution in [3.8, 4) is 0 Å². The van der Waals surface area contributed by atoms with E-state index in [9.17, 15) is 4.79 Å². The summed E-state index contributed by atoms with van der Waals surface area (Å²) >= 11 is 14.1. The van der Waals surface area contributed by atoms with Crippen LogP contribution in [0.4, 0.5) is 11.4 Å². The molecule has 1 amide bonds. The van der Waals surface area contributed by atoms with E-state index in [-0.39, 0.29) is 5.91 Å². The van der Waals surface area contributed by atoms with Crippen LogP contribution in [0.3, 0.4) is 0 Å². The third-order valence-electron chi connectivity index (χ3n) is 4.11. The number of rotatable bonds is 1. The molecule has 0 aromatic heterocycles. The van der Waals surface area contributed by atoms with E-state index in [1.807, 2.05) is 55.5 Å². The summed E-state index contributed by atoms with van der Waals surface area (Å²) < 4.78 is 0. The molecular weight excluding hydrogens is 373 g/mol. The van der Waals surface area contributed by atoms with E-state index in [4.69, 9.17) is 23.2 Å². The van der Waals surface area contributed by atoms with Gasteiger partial charge in [0, 0.05) is 25.4 Å². The summed E-state index contributed by atoms with van der Waals surface area (Å²) in [5.41, 5.74) is 3.13. The number of nitrogens with zero attached hydrogens (tertiary/aromatic N) is 1. The number of hydrogen-bond donors (Lipinski definition) is 0. The average molecular weight is 386 g/mol. The minimum Gasteiger partial charge on any atom is -0.275 e. The van der Waals surface area contributed by atoms with Crippen molar-refractivity contribution in [2.45, 2.75) is 16.7 Å². The Labute approximate surface area is 160 Å². The third kappa shape index (κ3) is 2.93. The second kappa shape index (κ2) is 6.41. The van der Waals surface area contributed by atoms with Crippen LogP contribution in [0.15, 0.2) is 70.5 Å². The summed E-state index contributed by atoms with van der Waals surface area (Å²) in [5.74, 6) is -0.127. The van der Waals surface area contributed by atoms with Crippen LogP contribution in [0, 0.1) is 6.92 Å². The summed E-state index contributed by atoms with van der Waals surface area (Å²) in [6, 6.07) is 18.8. The molecule has 3 aromatic rings. The Hall–Kier alpha value is -1.94. The van der Waals surface area contributed by atoms with E-state index < -0.39 is 0 Å². The van der Waals surface area contributed by atoms with Crippen LogP contribution in [0.5, 0.6) is 0 Å². The van der Waals surface area contributed by atoms with Gasteiger partial charge in [-0.15, -0.1) is 0 Å². The molecule has 0 radical (unpaired) electrons. The maximum atomic E-state index is 13.3. The lowest BCUT2D eigenvalue weighted by Crippen LogP contribution is -2.28.